The smallest absolute Gasteiger partial charge is 0.147 e. The molecule has 42 heavy (non-hydrogen) atoms. The Hall–Kier alpha value is -3.08. The minimum atomic E-state index is -1.53. The van der Waals surface area contributed by atoms with Gasteiger partial charge in [-0.25, -0.2) is 0 Å². The fraction of sp³-hybridized carbons (Fsp3) is 0.467. The molecule has 0 aliphatic carbocycles. The first-order valence-electron chi connectivity index (χ1n) is 13.5. The molecule has 12 heteroatoms. The average Bonchev–Trinajstić information content (AvgIpc) is 3.30. The van der Waals surface area contributed by atoms with Crippen molar-refractivity contribution < 1.29 is 55.4 Å². The molecule has 224 valence electrons. The summed E-state index contributed by atoms with van der Waals surface area (Å²) < 4.78 is 12.8. The second-order valence-electron chi connectivity index (χ2n) is 10.4. The van der Waals surface area contributed by atoms with E-state index in [9.17, 15) is 46.0 Å². The number of aliphatic hydroxyl groups is 9. The summed E-state index contributed by atoms with van der Waals surface area (Å²) in [5.41, 5.74) is 2.64. The van der Waals surface area contributed by atoms with Crippen LogP contribution in [-0.4, -0.2) is 131 Å². The summed E-state index contributed by atoms with van der Waals surface area (Å²) >= 11 is 0. The van der Waals surface area contributed by atoms with E-state index in [2.05, 4.69) is 23.7 Å². The van der Waals surface area contributed by atoms with Crippen LogP contribution in [-0.2, 0) is 16.0 Å². The van der Waals surface area contributed by atoms with Crippen LogP contribution in [0.15, 0.2) is 36.4 Å². The third-order valence-electron chi connectivity index (χ3n) is 7.69. The van der Waals surface area contributed by atoms with Crippen LogP contribution in [0.2, 0.25) is 0 Å². The monoisotopic (exact) mass is 583 g/mol. The highest BCUT2D eigenvalue weighted by molar-refractivity contribution is 6.08. The molecule has 2 aliphatic heterocycles. The molecule has 3 heterocycles. The zero-order valence-corrected chi connectivity index (χ0v) is 22.4. The fourth-order valence-electron chi connectivity index (χ4n) is 5.34. The van der Waals surface area contributed by atoms with E-state index in [4.69, 9.17) is 9.47 Å². The van der Waals surface area contributed by atoms with Crippen LogP contribution >= 0.6 is 0 Å². The summed E-state index contributed by atoms with van der Waals surface area (Å²) in [6.07, 6.45) is -13.3. The number of fused-ring (bicyclic) bond motifs is 3. The maximum atomic E-state index is 10.3. The van der Waals surface area contributed by atoms with Crippen molar-refractivity contribution in [1.82, 2.24) is 4.57 Å². The molecule has 10 atom stereocenters. The molecule has 1 aromatic heterocycles. The molecule has 2 aliphatic rings. The number of nitrogens with zero attached hydrogens (tertiary/aromatic N) is 1. The van der Waals surface area contributed by atoms with Gasteiger partial charge < -0.3 is 60.0 Å². The number of rotatable bonds is 4. The molecule has 2 saturated heterocycles. The zero-order valence-electron chi connectivity index (χ0n) is 22.4. The van der Waals surface area contributed by atoms with Gasteiger partial charge in [-0.3, -0.25) is 0 Å². The van der Waals surface area contributed by atoms with Gasteiger partial charge in [-0.1, -0.05) is 35.8 Å². The number of aromatic nitrogens is 1. The second kappa shape index (κ2) is 12.7. The molecule has 9 N–H and O–H groups in total. The highest BCUT2D eigenvalue weighted by Gasteiger charge is 2.43. The Balaban J connectivity index is 1.47. The van der Waals surface area contributed by atoms with Gasteiger partial charge in [-0.15, -0.1) is 0 Å². The number of aliphatic hydroxyl groups excluding tert-OH is 9. The highest BCUT2D eigenvalue weighted by atomic mass is 16.5. The topological polar surface area (TPSA) is 205 Å². The largest absolute Gasteiger partial charge is 0.395 e. The summed E-state index contributed by atoms with van der Waals surface area (Å²) in [5, 5.41) is 90.9. The molecule has 0 saturated carbocycles. The lowest BCUT2D eigenvalue weighted by atomic mass is 9.95. The van der Waals surface area contributed by atoms with Crippen LogP contribution in [0.4, 0.5) is 0 Å². The maximum absolute atomic E-state index is 10.3. The predicted octanol–water partition coefficient (Wildman–Crippen LogP) is -2.83. The van der Waals surface area contributed by atoms with Crippen molar-refractivity contribution in [1.29, 1.82) is 0 Å². The third-order valence-corrected chi connectivity index (χ3v) is 7.69. The molecular formula is C30H33NO11. The normalized spacial score (nSPS) is 33.2. The van der Waals surface area contributed by atoms with E-state index in [0.717, 1.165) is 21.8 Å². The number of ether oxygens (including phenoxy) is 2. The molecular weight excluding hydrogens is 550 g/mol. The molecule has 0 spiro atoms. The van der Waals surface area contributed by atoms with E-state index in [0.29, 0.717) is 11.1 Å². The quantitative estimate of drug-likeness (QED) is 0.143. The summed E-state index contributed by atoms with van der Waals surface area (Å²) in [5.74, 6) is 11.4. The van der Waals surface area contributed by atoms with Crippen LogP contribution in [0.25, 0.3) is 21.8 Å². The van der Waals surface area contributed by atoms with Gasteiger partial charge >= 0.3 is 0 Å². The molecule has 0 radical (unpaired) electrons. The van der Waals surface area contributed by atoms with Gasteiger partial charge in [0.25, 0.3) is 0 Å². The van der Waals surface area contributed by atoms with E-state index < -0.39 is 74.3 Å². The van der Waals surface area contributed by atoms with Crippen LogP contribution in [0.1, 0.15) is 11.1 Å². The van der Waals surface area contributed by atoms with Gasteiger partial charge in [0.15, 0.2) is 0 Å². The minimum absolute atomic E-state index is 0.152. The Morgan fingerprint density at radius 3 is 1.40 bits per heavy atom. The Morgan fingerprint density at radius 2 is 1.02 bits per heavy atom. The summed E-state index contributed by atoms with van der Waals surface area (Å²) in [4.78, 5) is 0. The highest BCUT2D eigenvalue weighted by Crippen LogP contribution is 2.31. The van der Waals surface area contributed by atoms with Gasteiger partial charge in [-0.2, -0.15) is 0 Å². The Morgan fingerprint density at radius 1 is 0.595 bits per heavy atom. The van der Waals surface area contributed by atoms with Crippen LogP contribution < -0.4 is 0 Å². The van der Waals surface area contributed by atoms with Gasteiger partial charge in [0.2, 0.25) is 0 Å². The number of hydrogen-bond donors (Lipinski definition) is 9. The van der Waals surface area contributed by atoms with E-state index in [1.807, 2.05) is 16.7 Å². The molecule has 3 aromatic rings. The first kappa shape index (κ1) is 30.4. The van der Waals surface area contributed by atoms with E-state index in [-0.39, 0.29) is 13.2 Å². The minimum Gasteiger partial charge on any atom is -0.395 e. The molecule has 0 bridgehead atoms. The summed E-state index contributed by atoms with van der Waals surface area (Å²) in [7, 11) is 0. The molecule has 12 nitrogen and oxygen atoms in total. The Kier molecular flexibility index (Phi) is 9.15. The average molecular weight is 584 g/mol. The zero-order chi connectivity index (χ0) is 30.1. The Bertz CT molecular complexity index is 1430. The standard InChI is InChI=1S/C30H33NO11/c32-10-9-31-19-11-15(3-7-21-25(35)29(39)27(37)23(13-33)41-21)1-5-17(19)18-6-2-16(12-20(18)31)4-8-22-26(36)30(40)28(38)24(14-34)42-22/h1-2,5-6,11-12,21-30,32-40H,9-10,13-14H2/t21-,22-,23-,24-,25-,26-,27-,28-,29-,30?/m1/s1. The van der Waals surface area contributed by atoms with Gasteiger partial charge in [-0.05, 0) is 24.3 Å². The first-order chi connectivity index (χ1) is 20.2. The number of benzene rings is 2. The van der Waals surface area contributed by atoms with Crippen LogP contribution in [0, 0.1) is 23.7 Å². The van der Waals surface area contributed by atoms with Crippen LogP contribution in [0.3, 0.4) is 0 Å². The Labute approximate surface area is 240 Å². The molecule has 1 unspecified atom stereocenters. The van der Waals surface area contributed by atoms with Crippen molar-refractivity contribution in [2.45, 2.75) is 67.6 Å². The van der Waals surface area contributed by atoms with E-state index >= 15 is 0 Å². The summed E-state index contributed by atoms with van der Waals surface area (Å²) in [6, 6.07) is 10.9. The number of hydrogen-bond acceptors (Lipinski definition) is 11. The fourth-order valence-corrected chi connectivity index (χ4v) is 5.34. The lowest BCUT2D eigenvalue weighted by Gasteiger charge is -2.37. The molecule has 0 amide bonds. The van der Waals surface area contributed by atoms with Gasteiger partial charge in [0.05, 0.1) is 30.9 Å². The molecule has 2 aromatic carbocycles. The van der Waals surface area contributed by atoms with Crippen molar-refractivity contribution in [3.63, 3.8) is 0 Å². The van der Waals surface area contributed by atoms with Crippen molar-refractivity contribution >= 4 is 21.8 Å². The predicted molar refractivity (Wildman–Crippen MR) is 148 cm³/mol. The van der Waals surface area contributed by atoms with E-state index in [1.54, 1.807) is 24.3 Å². The first-order valence-corrected chi connectivity index (χ1v) is 13.5. The molecule has 5 rings (SSSR count). The van der Waals surface area contributed by atoms with Crippen LogP contribution in [0.5, 0.6) is 0 Å². The van der Waals surface area contributed by atoms with E-state index in [1.165, 1.54) is 0 Å². The summed E-state index contributed by atoms with van der Waals surface area (Å²) in [6.45, 7) is -0.996. The lowest BCUT2D eigenvalue weighted by molar-refractivity contribution is -0.214. The second-order valence-corrected chi connectivity index (χ2v) is 10.4. The van der Waals surface area contributed by atoms with Crippen molar-refractivity contribution in [2.24, 2.45) is 0 Å². The van der Waals surface area contributed by atoms with Crippen molar-refractivity contribution in [3.05, 3.63) is 47.5 Å². The third kappa shape index (κ3) is 5.64. The van der Waals surface area contributed by atoms with Gasteiger partial charge in [0, 0.05) is 28.4 Å². The van der Waals surface area contributed by atoms with Crippen molar-refractivity contribution in [2.75, 3.05) is 19.8 Å². The van der Waals surface area contributed by atoms with Gasteiger partial charge in [0.1, 0.15) is 61.0 Å². The SMILES string of the molecule is OCCn1c2cc(C#C[C@H]3O[C@H](CO)[C@@H](O)[C@H](O)[C@@H]3O)ccc2c2ccc(C#C[C@H]3O[C@H](CO)[C@@H](O)C(O)[C@@H]3O)cc21. The van der Waals surface area contributed by atoms with Crippen molar-refractivity contribution in [3.8, 4) is 23.7 Å². The molecule has 2 fully saturated rings. The maximum Gasteiger partial charge on any atom is 0.147 e. The lowest BCUT2D eigenvalue weighted by Crippen LogP contribution is -2.58.